The Morgan fingerprint density at radius 2 is 2.15 bits per heavy atom. The Balaban J connectivity index is 2.08. The van der Waals surface area contributed by atoms with Crippen LogP contribution in [-0.2, 0) is 5.75 Å². The molecule has 0 amide bonds. The smallest absolute Gasteiger partial charge is 0.0545 e. The number of hydrogen-bond acceptors (Lipinski definition) is 3. The third-order valence-electron chi connectivity index (χ3n) is 3.24. The van der Waals surface area contributed by atoms with Gasteiger partial charge in [-0.2, -0.15) is 0 Å². The van der Waals surface area contributed by atoms with Crippen molar-refractivity contribution in [3.63, 3.8) is 0 Å². The van der Waals surface area contributed by atoms with Crippen LogP contribution in [0.2, 0.25) is 0 Å². The van der Waals surface area contributed by atoms with Gasteiger partial charge in [-0.15, -0.1) is 23.1 Å². The fourth-order valence-electron chi connectivity index (χ4n) is 2.10. The minimum absolute atomic E-state index is 0.204. The van der Waals surface area contributed by atoms with Crippen molar-refractivity contribution in [2.24, 2.45) is 5.73 Å². The molecule has 0 saturated carbocycles. The van der Waals surface area contributed by atoms with Crippen molar-refractivity contribution in [3.8, 4) is 0 Å². The van der Waals surface area contributed by atoms with Crippen molar-refractivity contribution in [2.75, 3.05) is 0 Å². The first-order chi connectivity index (χ1) is 9.60. The molecule has 20 heavy (non-hydrogen) atoms. The van der Waals surface area contributed by atoms with Gasteiger partial charge in [0, 0.05) is 26.5 Å². The first-order valence-corrected chi connectivity index (χ1v) is 9.49. The Morgan fingerprint density at radius 1 is 1.35 bits per heavy atom. The van der Waals surface area contributed by atoms with Gasteiger partial charge in [-0.25, -0.2) is 0 Å². The van der Waals surface area contributed by atoms with Gasteiger partial charge in [-0.1, -0.05) is 36.8 Å². The lowest BCUT2D eigenvalue weighted by Crippen LogP contribution is -2.25. The Morgan fingerprint density at radius 3 is 2.75 bits per heavy atom. The van der Waals surface area contributed by atoms with Gasteiger partial charge in [0.15, 0.2) is 0 Å². The van der Waals surface area contributed by atoms with E-state index in [-0.39, 0.29) is 6.04 Å². The SMILES string of the molecule is CCC(N)C(SCc1cccc(C)c1)c1cc(Br)cs1. The second kappa shape index (κ2) is 7.64. The molecule has 2 atom stereocenters. The molecule has 1 nitrogen and oxygen atoms in total. The highest BCUT2D eigenvalue weighted by molar-refractivity contribution is 9.10. The molecule has 2 N–H and O–H groups in total. The van der Waals surface area contributed by atoms with E-state index < -0.39 is 0 Å². The van der Waals surface area contributed by atoms with Crippen molar-refractivity contribution in [1.82, 2.24) is 0 Å². The summed E-state index contributed by atoms with van der Waals surface area (Å²) in [5, 5.41) is 2.51. The Labute approximate surface area is 138 Å². The van der Waals surface area contributed by atoms with Crippen LogP contribution in [0.5, 0.6) is 0 Å². The second-order valence-electron chi connectivity index (χ2n) is 4.96. The van der Waals surface area contributed by atoms with Crippen LogP contribution in [0.4, 0.5) is 0 Å². The molecular weight excluding hydrogens is 350 g/mol. The van der Waals surface area contributed by atoms with E-state index in [0.717, 1.165) is 16.6 Å². The van der Waals surface area contributed by atoms with Gasteiger partial charge in [-0.3, -0.25) is 0 Å². The lowest BCUT2D eigenvalue weighted by atomic mass is 10.1. The average molecular weight is 370 g/mol. The lowest BCUT2D eigenvalue weighted by molar-refractivity contribution is 0.639. The van der Waals surface area contributed by atoms with Crippen LogP contribution in [0.25, 0.3) is 0 Å². The van der Waals surface area contributed by atoms with Crippen LogP contribution >= 0.6 is 39.0 Å². The van der Waals surface area contributed by atoms with Crippen molar-refractivity contribution in [3.05, 3.63) is 56.2 Å². The Kier molecular flexibility index (Phi) is 6.15. The summed E-state index contributed by atoms with van der Waals surface area (Å²) < 4.78 is 1.15. The summed E-state index contributed by atoms with van der Waals surface area (Å²) in [6.45, 7) is 4.30. The summed E-state index contributed by atoms with van der Waals surface area (Å²) in [6.07, 6.45) is 1.00. The monoisotopic (exact) mass is 369 g/mol. The van der Waals surface area contributed by atoms with Gasteiger partial charge < -0.3 is 5.73 Å². The predicted octanol–water partition coefficient (Wildman–Crippen LogP) is 5.53. The fraction of sp³-hybridized carbons (Fsp3) is 0.375. The van der Waals surface area contributed by atoms with Crippen molar-refractivity contribution >= 4 is 39.0 Å². The molecule has 0 aliphatic heterocycles. The van der Waals surface area contributed by atoms with Gasteiger partial charge in [-0.05, 0) is 40.9 Å². The molecule has 108 valence electrons. The number of halogens is 1. The fourth-order valence-corrected chi connectivity index (χ4v) is 5.19. The largest absolute Gasteiger partial charge is 0.326 e. The van der Waals surface area contributed by atoms with Crippen LogP contribution in [0.3, 0.4) is 0 Å². The zero-order chi connectivity index (χ0) is 14.5. The molecule has 1 aromatic heterocycles. The van der Waals surface area contributed by atoms with Gasteiger partial charge in [0.1, 0.15) is 0 Å². The zero-order valence-corrected chi connectivity index (χ0v) is 15.0. The highest BCUT2D eigenvalue weighted by atomic mass is 79.9. The highest BCUT2D eigenvalue weighted by Crippen LogP contribution is 2.39. The standard InChI is InChI=1S/C16H20BrNS2/c1-3-14(18)16(15-8-13(17)10-19-15)20-9-12-6-4-5-11(2)7-12/h4-8,10,14,16H,3,9,18H2,1-2H3. The van der Waals surface area contributed by atoms with Gasteiger partial charge in [0.25, 0.3) is 0 Å². The van der Waals surface area contributed by atoms with Crippen LogP contribution < -0.4 is 5.73 Å². The maximum Gasteiger partial charge on any atom is 0.0545 e. The van der Waals surface area contributed by atoms with E-state index in [9.17, 15) is 0 Å². The number of nitrogens with two attached hydrogens (primary N) is 1. The number of thiophene rings is 1. The molecule has 1 aromatic carbocycles. The maximum absolute atomic E-state index is 6.32. The van der Waals surface area contributed by atoms with Gasteiger partial charge in [0.05, 0.1) is 5.25 Å². The van der Waals surface area contributed by atoms with E-state index in [1.807, 2.05) is 11.8 Å². The van der Waals surface area contributed by atoms with Crippen molar-refractivity contribution in [2.45, 2.75) is 37.3 Å². The molecular formula is C16H20BrNS2. The molecule has 2 rings (SSSR count). The Bertz CT molecular complexity index is 553. The van der Waals surface area contributed by atoms with E-state index in [1.165, 1.54) is 16.0 Å². The third-order valence-corrected chi connectivity index (χ3v) is 6.63. The van der Waals surface area contributed by atoms with Crippen LogP contribution in [0.15, 0.2) is 40.2 Å². The van der Waals surface area contributed by atoms with Gasteiger partial charge in [0.2, 0.25) is 0 Å². The molecule has 0 spiro atoms. The average Bonchev–Trinajstić information content (AvgIpc) is 2.85. The highest BCUT2D eigenvalue weighted by Gasteiger charge is 2.20. The number of benzene rings is 1. The quantitative estimate of drug-likeness (QED) is 0.723. The predicted molar refractivity (Wildman–Crippen MR) is 95.5 cm³/mol. The molecule has 1 heterocycles. The molecule has 4 heteroatoms. The summed E-state index contributed by atoms with van der Waals surface area (Å²) in [5.41, 5.74) is 9.01. The summed E-state index contributed by atoms with van der Waals surface area (Å²) in [7, 11) is 0. The normalized spacial score (nSPS) is 14.2. The number of aryl methyl sites for hydroxylation is 1. The molecule has 0 aliphatic carbocycles. The molecule has 0 aliphatic rings. The zero-order valence-electron chi connectivity index (χ0n) is 11.8. The van der Waals surface area contributed by atoms with Crippen molar-refractivity contribution < 1.29 is 0 Å². The van der Waals surface area contributed by atoms with Gasteiger partial charge >= 0.3 is 0 Å². The lowest BCUT2D eigenvalue weighted by Gasteiger charge is -2.21. The first kappa shape index (κ1) is 16.1. The summed E-state index contributed by atoms with van der Waals surface area (Å²) >= 11 is 7.28. The number of hydrogen-bond donors (Lipinski definition) is 1. The minimum Gasteiger partial charge on any atom is -0.326 e. The minimum atomic E-state index is 0.204. The van der Waals surface area contributed by atoms with E-state index in [1.54, 1.807) is 11.3 Å². The molecule has 0 fully saturated rings. The van der Waals surface area contributed by atoms with E-state index in [4.69, 9.17) is 5.73 Å². The van der Waals surface area contributed by atoms with Crippen LogP contribution in [-0.4, -0.2) is 6.04 Å². The summed E-state index contributed by atoms with van der Waals surface area (Å²) in [5.74, 6) is 1.01. The number of rotatable bonds is 6. The second-order valence-corrected chi connectivity index (χ2v) is 7.95. The van der Waals surface area contributed by atoms with Crippen LogP contribution in [0.1, 0.15) is 34.6 Å². The van der Waals surface area contributed by atoms with Crippen LogP contribution in [0, 0.1) is 6.92 Å². The maximum atomic E-state index is 6.32. The molecule has 2 aromatic rings. The molecule has 0 radical (unpaired) electrons. The third kappa shape index (κ3) is 4.35. The molecule has 0 bridgehead atoms. The number of thioether (sulfide) groups is 1. The Hall–Kier alpha value is -0.290. The topological polar surface area (TPSA) is 26.0 Å². The summed E-state index contributed by atoms with van der Waals surface area (Å²) in [4.78, 5) is 1.36. The van der Waals surface area contributed by atoms with E-state index in [0.29, 0.717) is 5.25 Å². The van der Waals surface area contributed by atoms with Crippen molar-refractivity contribution in [1.29, 1.82) is 0 Å². The molecule has 2 unspecified atom stereocenters. The van der Waals surface area contributed by atoms with E-state index >= 15 is 0 Å². The molecule has 0 saturated heterocycles. The first-order valence-electron chi connectivity index (χ1n) is 6.76. The summed E-state index contributed by atoms with van der Waals surface area (Å²) in [6, 6.07) is 11.1. The van der Waals surface area contributed by atoms with E-state index in [2.05, 4.69) is 65.5 Å².